The molecule has 2 saturated heterocycles. The molecule has 4 unspecified atom stereocenters. The van der Waals surface area contributed by atoms with Crippen LogP contribution in [0.5, 0.6) is 0 Å². The minimum absolute atomic E-state index is 0.462. The van der Waals surface area contributed by atoms with Gasteiger partial charge in [-0.25, -0.2) is 0 Å². The van der Waals surface area contributed by atoms with Crippen molar-refractivity contribution >= 4 is 0 Å². The van der Waals surface area contributed by atoms with E-state index in [1.54, 1.807) is 0 Å². The molecule has 0 bridgehead atoms. The average molecular weight is 427 g/mol. The molecular formula is C29H46O2. The van der Waals surface area contributed by atoms with E-state index in [1.807, 2.05) is 0 Å². The van der Waals surface area contributed by atoms with Crippen molar-refractivity contribution in [2.45, 2.75) is 110 Å². The van der Waals surface area contributed by atoms with Crippen LogP contribution in [0.1, 0.15) is 95.6 Å². The van der Waals surface area contributed by atoms with Crippen LogP contribution >= 0.6 is 0 Å². The number of benzene rings is 1. The molecule has 2 heterocycles. The average Bonchev–Trinajstić information content (AvgIpc) is 2.80. The van der Waals surface area contributed by atoms with Gasteiger partial charge < -0.3 is 9.47 Å². The van der Waals surface area contributed by atoms with Crippen molar-refractivity contribution in [2.24, 2.45) is 23.7 Å². The Morgan fingerprint density at radius 1 is 0.613 bits per heavy atom. The summed E-state index contributed by atoms with van der Waals surface area (Å²) in [6.45, 7) is 6.61. The van der Waals surface area contributed by atoms with Gasteiger partial charge in [0, 0.05) is 6.61 Å². The van der Waals surface area contributed by atoms with Crippen LogP contribution in [0.15, 0.2) is 24.3 Å². The van der Waals surface area contributed by atoms with Gasteiger partial charge in [0.2, 0.25) is 0 Å². The Labute approximate surface area is 191 Å². The molecule has 0 amide bonds. The molecule has 3 aliphatic rings. The summed E-state index contributed by atoms with van der Waals surface area (Å²) < 4.78 is 12.2. The van der Waals surface area contributed by atoms with Crippen molar-refractivity contribution in [1.29, 1.82) is 0 Å². The lowest BCUT2D eigenvalue weighted by atomic mass is 9.80. The number of aryl methyl sites for hydroxylation is 1. The number of rotatable bonds is 8. The third-order valence-electron chi connectivity index (χ3n) is 8.40. The van der Waals surface area contributed by atoms with Crippen molar-refractivity contribution in [2.75, 3.05) is 13.2 Å². The molecule has 4 atom stereocenters. The molecule has 1 saturated carbocycles. The summed E-state index contributed by atoms with van der Waals surface area (Å²) in [6, 6.07) is 9.54. The van der Waals surface area contributed by atoms with Gasteiger partial charge >= 0.3 is 0 Å². The van der Waals surface area contributed by atoms with Crippen LogP contribution in [0.2, 0.25) is 0 Å². The van der Waals surface area contributed by atoms with Gasteiger partial charge in [-0.2, -0.15) is 0 Å². The van der Waals surface area contributed by atoms with Gasteiger partial charge in [-0.05, 0) is 92.6 Å². The molecule has 0 N–H and O–H groups in total. The first-order chi connectivity index (χ1) is 15.1. The van der Waals surface area contributed by atoms with Crippen LogP contribution in [-0.4, -0.2) is 25.4 Å². The van der Waals surface area contributed by atoms with Crippen LogP contribution in [-0.2, 0) is 22.3 Å². The number of hydrogen-bond donors (Lipinski definition) is 0. The molecule has 1 aromatic carbocycles. The van der Waals surface area contributed by atoms with Crippen LogP contribution in [0.4, 0.5) is 0 Å². The first-order valence-electron chi connectivity index (χ1n) is 13.4. The second-order valence-corrected chi connectivity index (χ2v) is 11.3. The Bertz CT molecular complexity index is 615. The molecule has 2 aliphatic heterocycles. The fourth-order valence-electron chi connectivity index (χ4n) is 5.95. The summed E-state index contributed by atoms with van der Waals surface area (Å²) in [5.41, 5.74) is 3.02. The Hall–Kier alpha value is -0.860. The molecule has 1 aliphatic carbocycles. The molecular weight excluding hydrogens is 380 g/mol. The van der Waals surface area contributed by atoms with Gasteiger partial charge in [0.1, 0.15) is 0 Å². The first kappa shape index (κ1) is 23.3. The third kappa shape index (κ3) is 7.60. The Morgan fingerprint density at radius 3 is 1.81 bits per heavy atom. The van der Waals surface area contributed by atoms with Crippen LogP contribution < -0.4 is 0 Å². The van der Waals surface area contributed by atoms with E-state index in [-0.39, 0.29) is 0 Å². The van der Waals surface area contributed by atoms with E-state index in [0.717, 1.165) is 31.0 Å². The number of hydrogen-bond acceptors (Lipinski definition) is 2. The smallest absolute Gasteiger partial charge is 0.0576 e. The fraction of sp³-hybridized carbons (Fsp3) is 0.793. The van der Waals surface area contributed by atoms with E-state index in [9.17, 15) is 0 Å². The topological polar surface area (TPSA) is 18.5 Å². The summed E-state index contributed by atoms with van der Waals surface area (Å²) >= 11 is 0. The maximum absolute atomic E-state index is 6.26. The van der Waals surface area contributed by atoms with Gasteiger partial charge in [-0.3, -0.25) is 0 Å². The van der Waals surface area contributed by atoms with Gasteiger partial charge in [0.15, 0.2) is 0 Å². The van der Waals surface area contributed by atoms with Gasteiger partial charge in [0.25, 0.3) is 0 Å². The summed E-state index contributed by atoms with van der Waals surface area (Å²) in [5.74, 6) is 3.37. The second-order valence-electron chi connectivity index (χ2n) is 11.3. The van der Waals surface area contributed by atoms with E-state index in [4.69, 9.17) is 9.47 Å². The standard InChI is InChI=1S/C29H46O2/c1-22-3-6-24(7-4-22)8-9-25-10-12-26(13-11-25)19-27-14-16-29(31-21-27)18-17-28-15-5-23(2)20-30-28/h10-13,22-24,27-29H,3-9,14-21H2,1-2H3. The first-order valence-corrected chi connectivity index (χ1v) is 13.4. The molecule has 4 rings (SSSR count). The molecule has 0 radical (unpaired) electrons. The molecule has 174 valence electrons. The van der Waals surface area contributed by atoms with E-state index in [0.29, 0.717) is 18.1 Å². The lowest BCUT2D eigenvalue weighted by Gasteiger charge is -2.32. The van der Waals surface area contributed by atoms with E-state index >= 15 is 0 Å². The fourth-order valence-corrected chi connectivity index (χ4v) is 5.95. The minimum atomic E-state index is 0.462. The zero-order valence-electron chi connectivity index (χ0n) is 20.2. The second kappa shape index (κ2) is 11.8. The van der Waals surface area contributed by atoms with E-state index in [1.165, 1.54) is 94.6 Å². The lowest BCUT2D eigenvalue weighted by Crippen LogP contribution is -2.30. The highest BCUT2D eigenvalue weighted by atomic mass is 16.5. The maximum atomic E-state index is 6.26. The predicted molar refractivity (Wildman–Crippen MR) is 129 cm³/mol. The highest BCUT2D eigenvalue weighted by Crippen LogP contribution is 2.31. The summed E-state index contributed by atoms with van der Waals surface area (Å²) in [6.07, 6.45) is 18.0. The van der Waals surface area contributed by atoms with Crippen LogP contribution in [0, 0.1) is 23.7 Å². The molecule has 31 heavy (non-hydrogen) atoms. The Kier molecular flexibility index (Phi) is 8.90. The van der Waals surface area contributed by atoms with Crippen molar-refractivity contribution in [3.05, 3.63) is 35.4 Å². The Morgan fingerprint density at radius 2 is 1.19 bits per heavy atom. The van der Waals surface area contributed by atoms with Crippen molar-refractivity contribution in [3.8, 4) is 0 Å². The maximum Gasteiger partial charge on any atom is 0.0576 e. The monoisotopic (exact) mass is 426 g/mol. The van der Waals surface area contributed by atoms with Crippen LogP contribution in [0.3, 0.4) is 0 Å². The van der Waals surface area contributed by atoms with Crippen molar-refractivity contribution in [3.63, 3.8) is 0 Å². The number of ether oxygens (including phenoxy) is 2. The molecule has 2 nitrogen and oxygen atoms in total. The molecule has 2 heteroatoms. The molecule has 0 aromatic heterocycles. The van der Waals surface area contributed by atoms with E-state index < -0.39 is 0 Å². The summed E-state index contributed by atoms with van der Waals surface area (Å²) in [5, 5.41) is 0. The highest BCUT2D eigenvalue weighted by Gasteiger charge is 2.25. The van der Waals surface area contributed by atoms with Crippen molar-refractivity contribution < 1.29 is 9.47 Å². The summed E-state index contributed by atoms with van der Waals surface area (Å²) in [7, 11) is 0. The summed E-state index contributed by atoms with van der Waals surface area (Å²) in [4.78, 5) is 0. The third-order valence-corrected chi connectivity index (χ3v) is 8.40. The quantitative estimate of drug-likeness (QED) is 0.432. The highest BCUT2D eigenvalue weighted by molar-refractivity contribution is 5.23. The molecule has 3 fully saturated rings. The zero-order valence-corrected chi connectivity index (χ0v) is 20.2. The largest absolute Gasteiger partial charge is 0.378 e. The van der Waals surface area contributed by atoms with E-state index in [2.05, 4.69) is 38.1 Å². The predicted octanol–water partition coefficient (Wildman–Crippen LogP) is 7.38. The SMILES string of the molecule is CC1CCC(CCc2ccc(CC3CCC(CCC4CCC(C)CO4)OC3)cc2)CC1. The van der Waals surface area contributed by atoms with Gasteiger partial charge in [-0.15, -0.1) is 0 Å². The normalized spacial score (nSPS) is 34.5. The minimum Gasteiger partial charge on any atom is -0.378 e. The van der Waals surface area contributed by atoms with Crippen LogP contribution in [0.25, 0.3) is 0 Å². The van der Waals surface area contributed by atoms with Gasteiger partial charge in [0.05, 0.1) is 18.8 Å². The molecule has 0 spiro atoms. The lowest BCUT2D eigenvalue weighted by molar-refractivity contribution is -0.0472. The van der Waals surface area contributed by atoms with Crippen molar-refractivity contribution in [1.82, 2.24) is 0 Å². The Balaban J connectivity index is 1.11. The van der Waals surface area contributed by atoms with Gasteiger partial charge in [-0.1, -0.05) is 63.8 Å². The molecule has 1 aromatic rings. The zero-order chi connectivity index (χ0) is 21.5.